The van der Waals surface area contributed by atoms with E-state index in [2.05, 4.69) is 31.9 Å². The predicted octanol–water partition coefficient (Wildman–Crippen LogP) is 5.50. The summed E-state index contributed by atoms with van der Waals surface area (Å²) < 4.78 is 12.8. The van der Waals surface area contributed by atoms with Crippen LogP contribution in [-0.4, -0.2) is 6.79 Å². The van der Waals surface area contributed by atoms with Crippen LogP contribution in [-0.2, 0) is 17.2 Å². The van der Waals surface area contributed by atoms with E-state index in [9.17, 15) is 0 Å². The maximum absolute atomic E-state index is 5.81. The van der Waals surface area contributed by atoms with Crippen LogP contribution in [0.2, 0.25) is 0 Å². The summed E-state index contributed by atoms with van der Waals surface area (Å²) in [6.07, 6.45) is 0. The molecule has 0 aliphatic heterocycles. The predicted molar refractivity (Wildman–Crippen MR) is 88.1 cm³/mol. The smallest absolute Gasteiger partial charge is 0.189 e. The quantitative estimate of drug-likeness (QED) is 0.349. The maximum atomic E-state index is 5.81. The molecule has 0 spiro atoms. The Hall–Kier alpha value is -0.550. The van der Waals surface area contributed by atoms with Crippen LogP contribution in [0.5, 0.6) is 5.75 Å². The van der Waals surface area contributed by atoms with Crippen molar-refractivity contribution in [3.05, 3.63) is 62.5 Å². The number of ether oxygens (including phenoxy) is 2. The molecule has 0 aliphatic carbocycles. The molecule has 0 atom stereocenters. The zero-order chi connectivity index (χ0) is 14.4. The van der Waals surface area contributed by atoms with E-state index in [-0.39, 0.29) is 6.79 Å². The van der Waals surface area contributed by atoms with Crippen molar-refractivity contribution in [2.75, 3.05) is 6.79 Å². The Balaban J connectivity index is 1.88. The molecule has 0 unspecified atom stereocenters. The lowest BCUT2D eigenvalue weighted by Crippen LogP contribution is -2.04. The second kappa shape index (κ2) is 8.03. The molecule has 2 rings (SSSR count). The molecule has 106 valence electrons. The van der Waals surface area contributed by atoms with E-state index in [4.69, 9.17) is 21.1 Å². The second-order valence-corrected chi connectivity index (χ2v) is 6.09. The van der Waals surface area contributed by atoms with Crippen LogP contribution >= 0.6 is 43.5 Å². The Bertz CT molecular complexity index is 538. The second-order valence-electron chi connectivity index (χ2n) is 4.12. The van der Waals surface area contributed by atoms with Gasteiger partial charge in [-0.1, -0.05) is 30.3 Å². The van der Waals surface area contributed by atoms with Gasteiger partial charge < -0.3 is 9.47 Å². The Kier molecular flexibility index (Phi) is 6.36. The molecule has 0 amide bonds. The highest BCUT2D eigenvalue weighted by molar-refractivity contribution is 9.11. The Morgan fingerprint density at radius 1 is 0.950 bits per heavy atom. The van der Waals surface area contributed by atoms with Crippen LogP contribution in [0.4, 0.5) is 0 Å². The lowest BCUT2D eigenvalue weighted by molar-refractivity contribution is 0.00421. The van der Waals surface area contributed by atoms with Gasteiger partial charge in [-0.3, -0.25) is 0 Å². The van der Waals surface area contributed by atoms with Crippen LogP contribution in [0.3, 0.4) is 0 Å². The first-order valence-electron chi connectivity index (χ1n) is 5.99. The minimum absolute atomic E-state index is 0.187. The lowest BCUT2D eigenvalue weighted by atomic mass is 10.2. The van der Waals surface area contributed by atoms with Gasteiger partial charge in [-0.25, -0.2) is 0 Å². The van der Waals surface area contributed by atoms with Crippen LogP contribution in [0.1, 0.15) is 11.1 Å². The summed E-state index contributed by atoms with van der Waals surface area (Å²) in [5.74, 6) is 1.18. The van der Waals surface area contributed by atoms with Crippen molar-refractivity contribution in [1.29, 1.82) is 0 Å². The molecule has 0 saturated carbocycles. The molecule has 0 bridgehead atoms. The molecule has 20 heavy (non-hydrogen) atoms. The van der Waals surface area contributed by atoms with Gasteiger partial charge in [-0.15, -0.1) is 11.6 Å². The number of alkyl halides is 1. The van der Waals surface area contributed by atoms with Gasteiger partial charge in [0.05, 0.1) is 15.6 Å². The molecule has 0 saturated heterocycles. The fourth-order valence-electron chi connectivity index (χ4n) is 1.66. The first kappa shape index (κ1) is 15.8. The summed E-state index contributed by atoms with van der Waals surface area (Å²) >= 11 is 12.7. The van der Waals surface area contributed by atoms with Crippen molar-refractivity contribution in [2.24, 2.45) is 0 Å². The summed E-state index contributed by atoms with van der Waals surface area (Å²) in [4.78, 5) is 0. The molecular formula is C15H13Br2ClO2. The number of rotatable bonds is 6. The zero-order valence-corrected chi connectivity index (χ0v) is 14.5. The highest BCUT2D eigenvalue weighted by atomic mass is 79.9. The lowest BCUT2D eigenvalue weighted by Gasteiger charge is -2.12. The summed E-state index contributed by atoms with van der Waals surface area (Å²) in [5, 5.41) is 0. The fourth-order valence-corrected chi connectivity index (χ4v) is 3.33. The summed E-state index contributed by atoms with van der Waals surface area (Å²) in [6.45, 7) is 0.710. The van der Waals surface area contributed by atoms with Crippen molar-refractivity contribution in [1.82, 2.24) is 0 Å². The third-order valence-electron chi connectivity index (χ3n) is 2.61. The van der Waals surface area contributed by atoms with Crippen LogP contribution in [0.15, 0.2) is 51.4 Å². The SMILES string of the molecule is ClCc1cc(Br)c(OCOCc2ccccc2)c(Br)c1. The minimum atomic E-state index is 0.187. The highest BCUT2D eigenvalue weighted by Gasteiger charge is 2.08. The number of hydrogen-bond acceptors (Lipinski definition) is 2. The van der Waals surface area contributed by atoms with Crippen molar-refractivity contribution in [2.45, 2.75) is 12.5 Å². The Labute approximate surface area is 140 Å². The van der Waals surface area contributed by atoms with E-state index in [0.717, 1.165) is 20.1 Å². The Morgan fingerprint density at radius 2 is 1.60 bits per heavy atom. The number of benzene rings is 2. The van der Waals surface area contributed by atoms with E-state index in [0.29, 0.717) is 18.2 Å². The number of hydrogen-bond donors (Lipinski definition) is 0. The monoisotopic (exact) mass is 418 g/mol. The van der Waals surface area contributed by atoms with Crippen molar-refractivity contribution in [3.63, 3.8) is 0 Å². The van der Waals surface area contributed by atoms with Gasteiger partial charge in [0.15, 0.2) is 12.5 Å². The average Bonchev–Trinajstić information content (AvgIpc) is 2.46. The summed E-state index contributed by atoms with van der Waals surface area (Å²) in [5.41, 5.74) is 2.13. The van der Waals surface area contributed by atoms with Crippen molar-refractivity contribution >= 4 is 43.5 Å². The standard InChI is InChI=1S/C15H13Br2ClO2/c16-13-6-12(8-18)7-14(17)15(13)20-10-19-9-11-4-2-1-3-5-11/h1-7H,8-10H2. The molecule has 2 aromatic rings. The first-order chi connectivity index (χ1) is 9.70. The topological polar surface area (TPSA) is 18.5 Å². The molecule has 2 nitrogen and oxygen atoms in total. The molecule has 0 aliphatic rings. The van der Waals surface area contributed by atoms with Gasteiger partial charge >= 0.3 is 0 Å². The van der Waals surface area contributed by atoms with Gasteiger partial charge in [-0.05, 0) is 55.1 Å². The van der Waals surface area contributed by atoms with Crippen LogP contribution in [0, 0.1) is 0 Å². The molecule has 5 heteroatoms. The fraction of sp³-hybridized carbons (Fsp3) is 0.200. The zero-order valence-electron chi connectivity index (χ0n) is 10.6. The molecule has 0 N–H and O–H groups in total. The normalized spacial score (nSPS) is 10.6. The summed E-state index contributed by atoms with van der Waals surface area (Å²) in [6, 6.07) is 13.8. The van der Waals surface area contributed by atoms with Gasteiger partial charge in [-0.2, -0.15) is 0 Å². The van der Waals surface area contributed by atoms with E-state index < -0.39 is 0 Å². The number of halogens is 3. The largest absolute Gasteiger partial charge is 0.465 e. The molecular weight excluding hydrogens is 407 g/mol. The van der Waals surface area contributed by atoms with Gasteiger partial charge in [0.1, 0.15) is 0 Å². The van der Waals surface area contributed by atoms with E-state index in [1.165, 1.54) is 0 Å². The van der Waals surface area contributed by atoms with Crippen LogP contribution < -0.4 is 4.74 Å². The molecule has 2 aromatic carbocycles. The van der Waals surface area contributed by atoms with E-state index in [1.807, 2.05) is 42.5 Å². The van der Waals surface area contributed by atoms with Crippen LogP contribution in [0.25, 0.3) is 0 Å². The summed E-state index contributed by atoms with van der Waals surface area (Å²) in [7, 11) is 0. The van der Waals surface area contributed by atoms with E-state index in [1.54, 1.807) is 0 Å². The first-order valence-corrected chi connectivity index (χ1v) is 8.11. The van der Waals surface area contributed by atoms with Crippen molar-refractivity contribution < 1.29 is 9.47 Å². The molecule has 0 radical (unpaired) electrons. The van der Waals surface area contributed by atoms with Crippen molar-refractivity contribution in [3.8, 4) is 5.75 Å². The highest BCUT2D eigenvalue weighted by Crippen LogP contribution is 2.35. The third kappa shape index (κ3) is 4.48. The Morgan fingerprint density at radius 3 is 2.20 bits per heavy atom. The third-order valence-corrected chi connectivity index (χ3v) is 4.10. The van der Waals surface area contributed by atoms with E-state index >= 15 is 0 Å². The average molecular weight is 421 g/mol. The maximum Gasteiger partial charge on any atom is 0.189 e. The van der Waals surface area contributed by atoms with Gasteiger partial charge in [0.25, 0.3) is 0 Å². The van der Waals surface area contributed by atoms with Gasteiger partial charge in [0.2, 0.25) is 0 Å². The molecule has 0 fully saturated rings. The molecule has 0 heterocycles. The van der Waals surface area contributed by atoms with Gasteiger partial charge in [0, 0.05) is 5.88 Å². The molecule has 0 aromatic heterocycles. The minimum Gasteiger partial charge on any atom is -0.465 e.